The van der Waals surface area contributed by atoms with E-state index in [1.807, 2.05) is 62.4 Å². The lowest BCUT2D eigenvalue weighted by molar-refractivity contribution is -0.145. The Morgan fingerprint density at radius 1 is 0.859 bits per heavy atom. The van der Waals surface area contributed by atoms with E-state index in [1.54, 1.807) is 31.2 Å². The normalized spacial score (nSPS) is 19.0. The Morgan fingerprint density at radius 3 is 2.19 bits per heavy atom. The van der Waals surface area contributed by atoms with E-state index < -0.39 is 71.1 Å². The number of hydrogen-bond acceptors (Lipinski definition) is 15. The number of halogens is 1. The van der Waals surface area contributed by atoms with E-state index in [0.29, 0.717) is 83.4 Å². The molecule has 1 aromatic heterocycles. The van der Waals surface area contributed by atoms with Crippen molar-refractivity contribution in [3.8, 4) is 16.2 Å². The van der Waals surface area contributed by atoms with Crippen LogP contribution in [0, 0.1) is 12.3 Å². The SMILES string of the molecule is Cc1ncsc1-c1ccc(CNC(=O)[C@@H]2C[C@@H](O)CN2C(=O)[C@@H](NC(=O)C2(F)CC2)C(C)(C)C)c(OCCOCCOCCOCCOCCCc2ccc(CO[C@H](C)[C@H](CCC(N)=O)NC(=O)[C@@H]3Cc4cccc5c4N3C(=O)CCC5)cc2)c1. The number of nitrogens with two attached hydrogens (primary N) is 1. The van der Waals surface area contributed by atoms with Crippen molar-refractivity contribution in [2.75, 3.05) is 70.9 Å². The molecule has 0 unspecified atom stereocenters. The number of carbonyl (C=O) groups is 6. The van der Waals surface area contributed by atoms with Crippen molar-refractivity contribution < 1.29 is 66.7 Å². The van der Waals surface area contributed by atoms with Crippen LogP contribution in [0.4, 0.5) is 10.1 Å². The monoisotopic (exact) mass is 1200 g/mol. The van der Waals surface area contributed by atoms with E-state index in [2.05, 4.69) is 33.1 Å². The van der Waals surface area contributed by atoms with Crippen LogP contribution < -0.4 is 31.3 Å². The highest BCUT2D eigenvalue weighted by Gasteiger charge is 2.53. The zero-order chi connectivity index (χ0) is 60.7. The lowest BCUT2D eigenvalue weighted by Gasteiger charge is -2.35. The van der Waals surface area contributed by atoms with Gasteiger partial charge in [0.25, 0.3) is 5.91 Å². The number of benzene rings is 3. The number of β-amino-alcohol motifs (C(OH)–C–C–N with tert-alkyl or cyclic N) is 1. The maximum absolute atomic E-state index is 14.7. The number of thiazole rings is 1. The van der Waals surface area contributed by atoms with Crippen LogP contribution in [-0.4, -0.2) is 158 Å². The number of carbonyl (C=O) groups excluding carboxylic acids is 6. The zero-order valence-corrected chi connectivity index (χ0v) is 50.4. The zero-order valence-electron chi connectivity index (χ0n) is 49.6. The molecule has 3 aromatic carbocycles. The van der Waals surface area contributed by atoms with Crippen LogP contribution >= 0.6 is 11.3 Å². The molecular formula is C63H84FN7O13S. The Morgan fingerprint density at radius 2 is 1.53 bits per heavy atom. The summed E-state index contributed by atoms with van der Waals surface area (Å²) in [4.78, 5) is 87.6. The summed E-state index contributed by atoms with van der Waals surface area (Å²) >= 11 is 1.50. The fourth-order valence-corrected chi connectivity index (χ4v) is 11.7. The summed E-state index contributed by atoms with van der Waals surface area (Å²) in [6.45, 7) is 12.8. The predicted octanol–water partition coefficient (Wildman–Crippen LogP) is 5.76. The van der Waals surface area contributed by atoms with Gasteiger partial charge in [0.1, 0.15) is 30.5 Å². The number of primary amides is 1. The van der Waals surface area contributed by atoms with Crippen LogP contribution in [0.15, 0.2) is 66.2 Å². The summed E-state index contributed by atoms with van der Waals surface area (Å²) in [5.74, 6) is -2.12. The number of amides is 6. The van der Waals surface area contributed by atoms with Gasteiger partial charge in [0.05, 0.1) is 92.9 Å². The van der Waals surface area contributed by atoms with Crippen LogP contribution in [0.3, 0.4) is 0 Å². The molecule has 3 aliphatic heterocycles. The average Bonchev–Trinajstić information content (AvgIpc) is 2.18. The van der Waals surface area contributed by atoms with Crippen molar-refractivity contribution in [2.45, 2.75) is 160 Å². The minimum absolute atomic E-state index is 0.00861. The van der Waals surface area contributed by atoms with Gasteiger partial charge in [0, 0.05) is 50.9 Å². The van der Waals surface area contributed by atoms with Crippen LogP contribution in [0.5, 0.6) is 5.75 Å². The standard InChI is InChI=1S/C63H84FN7O13S/c1-40-56(85-39-67-40)46-18-19-47(36-66-58(75)50-35-48(72)37-70(50)60(77)57(62(3,4)5)69-61(78)63(64)22-23-63)52(34-46)83-32-31-82-30-29-81-28-27-80-26-25-79-24-8-9-42-14-16-43(17-15-42)38-84-41(2)49(20-21-53(65)73)68-59(76)51-33-45-12-6-10-44-11-7-13-54(74)71(51)55(44)45/h6,10,12,14-19,34,39,41,48-51,57,72H,7-9,11,13,20-33,35-38H2,1-5H3,(H2,65,73)(H,66,75)(H,68,76)(H,69,78)/t41-,48-,49+,50+,51+,57-/m1/s1. The van der Waals surface area contributed by atoms with Gasteiger partial charge in [0.2, 0.25) is 29.5 Å². The predicted molar refractivity (Wildman–Crippen MR) is 317 cm³/mol. The highest BCUT2D eigenvalue weighted by Crippen LogP contribution is 2.41. The van der Waals surface area contributed by atoms with Crippen molar-refractivity contribution in [2.24, 2.45) is 11.1 Å². The number of aryl methyl sites for hydroxylation is 3. The Kier molecular flexibility index (Phi) is 23.0. The van der Waals surface area contributed by atoms with Gasteiger partial charge in [-0.3, -0.25) is 33.7 Å². The van der Waals surface area contributed by atoms with E-state index in [4.69, 9.17) is 34.2 Å². The summed E-state index contributed by atoms with van der Waals surface area (Å²) in [6, 6.07) is 16.6. The molecule has 4 aromatic rings. The van der Waals surface area contributed by atoms with Crippen LogP contribution in [0.2, 0.25) is 0 Å². The third-order valence-corrected chi connectivity index (χ3v) is 16.9. The van der Waals surface area contributed by atoms with E-state index in [1.165, 1.54) is 16.2 Å². The van der Waals surface area contributed by atoms with Crippen molar-refractivity contribution in [1.82, 2.24) is 25.8 Å². The first-order chi connectivity index (χ1) is 40.8. The number of nitrogens with zero attached hydrogens (tertiary/aromatic N) is 3. The van der Waals surface area contributed by atoms with Gasteiger partial charge in [-0.05, 0) is 98.1 Å². The number of hydrogen-bond donors (Lipinski definition) is 5. The molecule has 1 aliphatic carbocycles. The maximum Gasteiger partial charge on any atom is 0.258 e. The topological polar surface area (TPSA) is 260 Å². The van der Waals surface area contributed by atoms with Crippen LogP contribution in [-0.2, 0) is 84.9 Å². The van der Waals surface area contributed by atoms with Crippen molar-refractivity contribution >= 4 is 52.5 Å². The molecule has 22 heteroatoms. The summed E-state index contributed by atoms with van der Waals surface area (Å²) in [5.41, 5.74) is 12.1. The Labute approximate surface area is 501 Å². The summed E-state index contributed by atoms with van der Waals surface area (Å²) in [5, 5.41) is 19.3. The minimum atomic E-state index is -1.98. The lowest BCUT2D eigenvalue weighted by atomic mass is 9.85. The number of aliphatic hydroxyl groups excluding tert-OH is 1. The lowest BCUT2D eigenvalue weighted by Crippen LogP contribution is -2.59. The third-order valence-electron chi connectivity index (χ3n) is 15.9. The maximum atomic E-state index is 14.7. The number of nitrogens with one attached hydrogen (secondary N) is 3. The molecule has 85 heavy (non-hydrogen) atoms. The second-order valence-corrected chi connectivity index (χ2v) is 24.4. The summed E-state index contributed by atoms with van der Waals surface area (Å²) in [7, 11) is 0. The van der Waals surface area contributed by atoms with E-state index in [9.17, 15) is 38.3 Å². The minimum Gasteiger partial charge on any atom is -0.491 e. The molecule has 0 spiro atoms. The highest BCUT2D eigenvalue weighted by molar-refractivity contribution is 7.13. The summed E-state index contributed by atoms with van der Waals surface area (Å²) < 4.78 is 50.1. The van der Waals surface area contributed by atoms with Gasteiger partial charge in [-0.2, -0.15) is 0 Å². The second-order valence-electron chi connectivity index (χ2n) is 23.6. The van der Waals surface area contributed by atoms with Crippen molar-refractivity contribution in [3.63, 3.8) is 0 Å². The molecule has 4 heterocycles. The van der Waals surface area contributed by atoms with Gasteiger partial charge in [-0.25, -0.2) is 9.37 Å². The number of likely N-dealkylation sites (tertiary alicyclic amines) is 1. The largest absolute Gasteiger partial charge is 0.491 e. The molecule has 8 rings (SSSR count). The van der Waals surface area contributed by atoms with Gasteiger partial charge in [0.15, 0.2) is 5.67 Å². The molecular weight excluding hydrogens is 1110 g/mol. The first kappa shape index (κ1) is 64.6. The van der Waals surface area contributed by atoms with Crippen molar-refractivity contribution in [3.05, 3.63) is 99.7 Å². The van der Waals surface area contributed by atoms with E-state index in [0.717, 1.165) is 69.8 Å². The number of para-hydroxylation sites is 1. The average molecular weight is 1200 g/mol. The molecule has 0 bridgehead atoms. The van der Waals surface area contributed by atoms with Crippen LogP contribution in [0.25, 0.3) is 10.4 Å². The number of alkyl halides is 1. The Hall–Kier alpha value is -6.40. The van der Waals surface area contributed by atoms with Crippen LogP contribution in [0.1, 0.15) is 113 Å². The molecule has 2 fully saturated rings. The Bertz CT molecular complexity index is 2930. The van der Waals surface area contributed by atoms with Gasteiger partial charge in [-0.15, -0.1) is 11.3 Å². The first-order valence-electron chi connectivity index (χ1n) is 29.7. The molecule has 6 atom stereocenters. The molecule has 1 saturated heterocycles. The Balaban J connectivity index is 0.675. The molecule has 6 amide bonds. The number of anilines is 1. The molecule has 1 saturated carbocycles. The fraction of sp³-hybridized carbons (Fsp3) is 0.571. The number of ether oxygens (including phenoxy) is 6. The smallest absolute Gasteiger partial charge is 0.258 e. The van der Waals surface area contributed by atoms with E-state index >= 15 is 0 Å². The molecule has 4 aliphatic rings. The number of aliphatic hydroxyl groups is 1. The van der Waals surface area contributed by atoms with Crippen molar-refractivity contribution in [1.29, 1.82) is 0 Å². The number of rotatable bonds is 33. The molecule has 6 N–H and O–H groups in total. The molecule has 20 nitrogen and oxygen atoms in total. The van der Waals surface area contributed by atoms with Gasteiger partial charge < -0.3 is 60.1 Å². The van der Waals surface area contributed by atoms with Gasteiger partial charge >= 0.3 is 0 Å². The number of aromatic nitrogens is 1. The third kappa shape index (κ3) is 17.9. The second kappa shape index (κ2) is 30.3. The highest BCUT2D eigenvalue weighted by atomic mass is 32.1. The fourth-order valence-electron chi connectivity index (χ4n) is 10.9. The molecule has 0 radical (unpaired) electrons. The molecule has 462 valence electrons. The summed E-state index contributed by atoms with van der Waals surface area (Å²) in [6.07, 6.45) is 3.25. The quantitative estimate of drug-likeness (QED) is 0.0356. The van der Waals surface area contributed by atoms with Gasteiger partial charge in [-0.1, -0.05) is 75.4 Å². The van der Waals surface area contributed by atoms with E-state index in [-0.39, 0.29) is 63.8 Å². The first-order valence-corrected chi connectivity index (χ1v) is 30.6.